The van der Waals surface area contributed by atoms with E-state index in [1.165, 1.54) is 0 Å². The summed E-state index contributed by atoms with van der Waals surface area (Å²) >= 11 is 0. The van der Waals surface area contributed by atoms with Crippen molar-refractivity contribution in [3.8, 4) is 0 Å². The van der Waals surface area contributed by atoms with Crippen LogP contribution < -0.4 is 15.5 Å². The molecule has 1 fully saturated rings. The van der Waals surface area contributed by atoms with Crippen LogP contribution >= 0.6 is 0 Å². The Morgan fingerprint density at radius 2 is 2.03 bits per heavy atom. The van der Waals surface area contributed by atoms with Gasteiger partial charge in [-0.2, -0.15) is 0 Å². The Labute approximate surface area is 219 Å². The molecule has 198 valence electrons. The van der Waals surface area contributed by atoms with E-state index in [9.17, 15) is 14.7 Å². The van der Waals surface area contributed by atoms with Gasteiger partial charge < -0.3 is 25.6 Å². The van der Waals surface area contributed by atoms with Crippen LogP contribution in [-0.4, -0.2) is 52.6 Å². The van der Waals surface area contributed by atoms with Crippen molar-refractivity contribution in [3.05, 3.63) is 53.9 Å². The van der Waals surface area contributed by atoms with Gasteiger partial charge in [0.25, 0.3) is 0 Å². The summed E-state index contributed by atoms with van der Waals surface area (Å²) in [7, 11) is 0. The van der Waals surface area contributed by atoms with Gasteiger partial charge in [0, 0.05) is 31.2 Å². The number of para-hydroxylation sites is 1. The standard InChI is InChI=1S/C29H39N5O3/c1-3-7-25-24(4-2)32-29(33-25)31-22-13-10-20(11-14-22)19-30-16-17-34-26-9-6-5-8-23(26)21(18-28(36)37)12-15-27(34)35/h3-9,20-22,30H,2,10-19H2,1H3,(H,36,37)(H2,31,32,33)/b7-3-. The number of aromatic nitrogens is 2. The van der Waals surface area contributed by atoms with Gasteiger partial charge in [0.2, 0.25) is 11.9 Å². The Hall–Kier alpha value is -3.39. The molecule has 1 aromatic carbocycles. The first kappa shape index (κ1) is 26.7. The SMILES string of the molecule is C=Cc1[nH]c(NC2CCC(CNCCN3C(=O)CCC(CC(=O)O)c4ccccc43)CC2)nc1/C=C\C. The van der Waals surface area contributed by atoms with Gasteiger partial charge in [0.15, 0.2) is 0 Å². The minimum atomic E-state index is -0.823. The third-order valence-corrected chi connectivity index (χ3v) is 7.52. The summed E-state index contributed by atoms with van der Waals surface area (Å²) in [6.07, 6.45) is 11.2. The Morgan fingerprint density at radius 3 is 2.76 bits per heavy atom. The van der Waals surface area contributed by atoms with Crippen molar-refractivity contribution < 1.29 is 14.7 Å². The number of carboxylic acids is 1. The zero-order chi connectivity index (χ0) is 26.2. The number of aromatic amines is 1. The predicted octanol–water partition coefficient (Wildman–Crippen LogP) is 5.03. The summed E-state index contributed by atoms with van der Waals surface area (Å²) in [6, 6.07) is 8.17. The first-order valence-corrected chi connectivity index (χ1v) is 13.4. The third-order valence-electron chi connectivity index (χ3n) is 7.52. The van der Waals surface area contributed by atoms with E-state index in [4.69, 9.17) is 0 Å². The van der Waals surface area contributed by atoms with E-state index in [1.807, 2.05) is 48.2 Å². The molecule has 8 heteroatoms. The fraction of sp³-hybridized carbons (Fsp3) is 0.483. The van der Waals surface area contributed by atoms with Gasteiger partial charge >= 0.3 is 5.97 Å². The quantitative estimate of drug-likeness (QED) is 0.319. The number of carboxylic acid groups (broad SMARTS) is 1. The number of benzene rings is 1. The molecule has 1 unspecified atom stereocenters. The zero-order valence-corrected chi connectivity index (χ0v) is 21.7. The number of fused-ring (bicyclic) bond motifs is 1. The van der Waals surface area contributed by atoms with Crippen molar-refractivity contribution in [1.29, 1.82) is 0 Å². The highest BCUT2D eigenvalue weighted by atomic mass is 16.4. The number of nitrogens with zero attached hydrogens (tertiary/aromatic N) is 2. The molecule has 8 nitrogen and oxygen atoms in total. The van der Waals surface area contributed by atoms with Crippen molar-refractivity contribution in [1.82, 2.24) is 15.3 Å². The number of anilines is 2. The van der Waals surface area contributed by atoms with E-state index in [-0.39, 0.29) is 18.2 Å². The van der Waals surface area contributed by atoms with E-state index in [0.29, 0.717) is 37.9 Å². The summed E-state index contributed by atoms with van der Waals surface area (Å²) in [5.41, 5.74) is 3.66. The first-order chi connectivity index (χ1) is 18.0. The maximum Gasteiger partial charge on any atom is 0.303 e. The minimum absolute atomic E-state index is 0.0558. The molecule has 0 saturated heterocycles. The summed E-state index contributed by atoms with van der Waals surface area (Å²) in [5, 5.41) is 16.4. The average molecular weight is 506 g/mol. The molecular weight excluding hydrogens is 466 g/mol. The Bertz CT molecular complexity index is 1120. The first-order valence-electron chi connectivity index (χ1n) is 13.4. The highest BCUT2D eigenvalue weighted by Crippen LogP contribution is 2.36. The molecule has 1 aliphatic carbocycles. The van der Waals surface area contributed by atoms with Crippen molar-refractivity contribution in [2.45, 2.75) is 63.8 Å². The van der Waals surface area contributed by atoms with Crippen LogP contribution in [0.3, 0.4) is 0 Å². The molecule has 0 bridgehead atoms. The van der Waals surface area contributed by atoms with Gasteiger partial charge in [-0.3, -0.25) is 9.59 Å². The van der Waals surface area contributed by atoms with Gasteiger partial charge in [0.05, 0.1) is 17.8 Å². The number of amides is 1. The van der Waals surface area contributed by atoms with Crippen LogP contribution in [0, 0.1) is 5.92 Å². The summed E-state index contributed by atoms with van der Waals surface area (Å²) in [4.78, 5) is 34.0. The highest BCUT2D eigenvalue weighted by Gasteiger charge is 2.29. The van der Waals surface area contributed by atoms with Gasteiger partial charge in [-0.15, -0.1) is 0 Å². The fourth-order valence-electron chi connectivity index (χ4n) is 5.58. The molecule has 1 aromatic heterocycles. The van der Waals surface area contributed by atoms with Crippen LogP contribution in [0.25, 0.3) is 12.2 Å². The Kier molecular flexibility index (Phi) is 9.17. The molecule has 1 saturated carbocycles. The Balaban J connectivity index is 1.23. The van der Waals surface area contributed by atoms with Gasteiger partial charge in [-0.05, 0) is 81.2 Å². The van der Waals surface area contributed by atoms with Gasteiger partial charge in [-0.25, -0.2) is 4.98 Å². The second-order valence-corrected chi connectivity index (χ2v) is 10.1. The molecule has 2 aromatic rings. The van der Waals surface area contributed by atoms with Crippen molar-refractivity contribution in [2.24, 2.45) is 5.92 Å². The molecule has 1 amide bonds. The van der Waals surface area contributed by atoms with Gasteiger partial charge in [-0.1, -0.05) is 30.9 Å². The van der Waals surface area contributed by atoms with Crippen molar-refractivity contribution >= 4 is 35.7 Å². The number of hydrogen-bond donors (Lipinski definition) is 4. The lowest BCUT2D eigenvalue weighted by Crippen LogP contribution is -2.38. The van der Waals surface area contributed by atoms with Crippen LogP contribution in [0.15, 0.2) is 36.9 Å². The molecule has 2 heterocycles. The van der Waals surface area contributed by atoms with E-state index >= 15 is 0 Å². The monoisotopic (exact) mass is 505 g/mol. The van der Waals surface area contributed by atoms with E-state index in [0.717, 1.165) is 60.8 Å². The number of H-pyrrole nitrogens is 1. The second kappa shape index (κ2) is 12.7. The molecule has 0 radical (unpaired) electrons. The predicted molar refractivity (Wildman–Crippen MR) is 149 cm³/mol. The van der Waals surface area contributed by atoms with Crippen LogP contribution in [0.1, 0.15) is 74.7 Å². The number of carbonyl (C=O) groups excluding carboxylic acids is 1. The maximum absolute atomic E-state index is 12.9. The van der Waals surface area contributed by atoms with Crippen molar-refractivity contribution in [3.63, 3.8) is 0 Å². The zero-order valence-electron chi connectivity index (χ0n) is 21.7. The molecule has 37 heavy (non-hydrogen) atoms. The number of hydrogen-bond acceptors (Lipinski definition) is 5. The van der Waals surface area contributed by atoms with Crippen LogP contribution in [0.4, 0.5) is 11.6 Å². The number of imidazole rings is 1. The number of aliphatic carboxylic acids is 1. The molecular formula is C29H39N5O3. The molecule has 4 rings (SSSR count). The lowest BCUT2D eigenvalue weighted by Gasteiger charge is -2.29. The maximum atomic E-state index is 12.9. The van der Waals surface area contributed by atoms with Gasteiger partial charge in [0.1, 0.15) is 0 Å². The molecule has 1 atom stereocenters. The number of carbonyl (C=O) groups is 2. The fourth-order valence-corrected chi connectivity index (χ4v) is 5.58. The Morgan fingerprint density at radius 1 is 1.24 bits per heavy atom. The number of nitrogens with one attached hydrogen (secondary N) is 3. The van der Waals surface area contributed by atoms with Crippen LogP contribution in [-0.2, 0) is 9.59 Å². The summed E-state index contributed by atoms with van der Waals surface area (Å²) in [6.45, 7) is 8.08. The van der Waals surface area contributed by atoms with Crippen LogP contribution in [0.2, 0.25) is 0 Å². The third kappa shape index (κ3) is 6.89. The normalized spacial score (nSPS) is 22.0. The largest absolute Gasteiger partial charge is 0.481 e. The lowest BCUT2D eigenvalue weighted by molar-refractivity contribution is -0.137. The van der Waals surface area contributed by atoms with E-state index < -0.39 is 5.97 Å². The minimum Gasteiger partial charge on any atom is -0.481 e. The topological polar surface area (TPSA) is 110 Å². The van der Waals surface area contributed by atoms with E-state index in [1.54, 1.807) is 6.08 Å². The summed E-state index contributed by atoms with van der Waals surface area (Å²) in [5.74, 6) is 0.542. The lowest BCUT2D eigenvalue weighted by atomic mass is 9.86. The molecule has 2 aliphatic rings. The highest BCUT2D eigenvalue weighted by molar-refractivity contribution is 5.95. The summed E-state index contributed by atoms with van der Waals surface area (Å²) < 4.78 is 0. The molecule has 0 spiro atoms. The van der Waals surface area contributed by atoms with Crippen molar-refractivity contribution in [2.75, 3.05) is 29.9 Å². The van der Waals surface area contributed by atoms with Crippen LogP contribution in [0.5, 0.6) is 0 Å². The number of allylic oxidation sites excluding steroid dienone is 1. The second-order valence-electron chi connectivity index (χ2n) is 10.1. The van der Waals surface area contributed by atoms with E-state index in [2.05, 4.69) is 27.2 Å². The number of rotatable bonds is 11. The molecule has 1 aliphatic heterocycles. The molecule has 4 N–H and O–H groups in total. The smallest absolute Gasteiger partial charge is 0.303 e. The average Bonchev–Trinajstić information content (AvgIpc) is 3.22.